The van der Waals surface area contributed by atoms with Gasteiger partial charge in [0, 0.05) is 11.1 Å². The van der Waals surface area contributed by atoms with Crippen molar-refractivity contribution in [2.75, 3.05) is 0 Å². The van der Waals surface area contributed by atoms with Crippen molar-refractivity contribution in [2.45, 2.75) is 6.61 Å². The van der Waals surface area contributed by atoms with Gasteiger partial charge in [0.25, 0.3) is 0 Å². The molecule has 1 aromatic carbocycles. The zero-order valence-corrected chi connectivity index (χ0v) is 10.5. The molecule has 1 aromatic heterocycles. The Balaban J connectivity index is 2.06. The summed E-state index contributed by atoms with van der Waals surface area (Å²) in [6, 6.07) is 7.59. The highest BCUT2D eigenvalue weighted by Gasteiger charge is 2.06. The van der Waals surface area contributed by atoms with Gasteiger partial charge in [-0.1, -0.05) is 23.2 Å². The Morgan fingerprint density at radius 2 is 2.06 bits per heavy atom. The van der Waals surface area contributed by atoms with Crippen molar-refractivity contribution >= 4 is 29.2 Å². The molecule has 18 heavy (non-hydrogen) atoms. The van der Waals surface area contributed by atoms with E-state index in [1.165, 1.54) is 12.1 Å². The summed E-state index contributed by atoms with van der Waals surface area (Å²) in [7, 11) is 0. The fourth-order valence-electron chi connectivity index (χ4n) is 1.30. The molecule has 0 aliphatic carbocycles. The minimum Gasteiger partial charge on any atom is -0.542 e. The Hall–Kier alpha value is -1.65. The summed E-state index contributed by atoms with van der Waals surface area (Å²) in [6.07, 6.45) is 0. The smallest absolute Gasteiger partial charge is 0.149 e. The SMILES string of the molecule is O=C([O-])c1ccc(COc2cc(Cl)ccc2Cl)o1. The Bertz CT molecular complexity index is 577. The number of carbonyl (C=O) groups excluding carboxylic acids is 1. The van der Waals surface area contributed by atoms with Gasteiger partial charge in [-0.25, -0.2) is 0 Å². The van der Waals surface area contributed by atoms with Gasteiger partial charge in [0.15, 0.2) is 0 Å². The number of benzene rings is 1. The fraction of sp³-hybridized carbons (Fsp3) is 0.0833. The van der Waals surface area contributed by atoms with Crippen molar-refractivity contribution in [3.05, 3.63) is 51.9 Å². The maximum atomic E-state index is 10.5. The second kappa shape index (κ2) is 5.33. The van der Waals surface area contributed by atoms with E-state index in [0.29, 0.717) is 21.6 Å². The van der Waals surface area contributed by atoms with Crippen LogP contribution in [0.15, 0.2) is 34.7 Å². The third-order valence-corrected chi connectivity index (χ3v) is 2.67. The summed E-state index contributed by atoms with van der Waals surface area (Å²) >= 11 is 11.7. The van der Waals surface area contributed by atoms with Crippen molar-refractivity contribution in [3.8, 4) is 5.75 Å². The van der Waals surface area contributed by atoms with Crippen LogP contribution in [-0.2, 0) is 6.61 Å². The van der Waals surface area contributed by atoms with Crippen LogP contribution < -0.4 is 9.84 Å². The number of rotatable bonds is 4. The molecule has 0 saturated heterocycles. The summed E-state index contributed by atoms with van der Waals surface area (Å²) in [6.45, 7) is 0.0490. The average Bonchev–Trinajstić information content (AvgIpc) is 2.79. The molecule has 0 amide bonds. The first kappa shape index (κ1) is 12.8. The number of aromatic carboxylic acids is 1. The normalized spacial score (nSPS) is 10.3. The molecule has 0 unspecified atom stereocenters. The first-order valence-corrected chi connectivity index (χ1v) is 5.70. The molecule has 0 atom stereocenters. The molecule has 0 fully saturated rings. The van der Waals surface area contributed by atoms with Crippen LogP contribution >= 0.6 is 23.2 Å². The van der Waals surface area contributed by atoms with Crippen LogP contribution in [0.3, 0.4) is 0 Å². The molecule has 0 bridgehead atoms. The lowest BCUT2D eigenvalue weighted by atomic mass is 10.3. The molecular formula is C12H7Cl2O4-. The molecule has 0 saturated carbocycles. The van der Waals surface area contributed by atoms with Gasteiger partial charge >= 0.3 is 0 Å². The topological polar surface area (TPSA) is 62.5 Å². The summed E-state index contributed by atoms with van der Waals surface area (Å²) in [5.74, 6) is -0.867. The van der Waals surface area contributed by atoms with Crippen molar-refractivity contribution < 1.29 is 19.1 Å². The van der Waals surface area contributed by atoms with Crippen LogP contribution in [0.1, 0.15) is 16.3 Å². The van der Waals surface area contributed by atoms with E-state index in [9.17, 15) is 9.90 Å². The number of halogens is 2. The molecule has 0 radical (unpaired) electrons. The predicted octanol–water partition coefficient (Wildman–Crippen LogP) is 2.53. The molecule has 4 nitrogen and oxygen atoms in total. The molecule has 2 rings (SSSR count). The quantitative estimate of drug-likeness (QED) is 0.866. The number of hydrogen-bond donors (Lipinski definition) is 0. The zero-order chi connectivity index (χ0) is 13.1. The van der Waals surface area contributed by atoms with E-state index in [-0.39, 0.29) is 12.4 Å². The Morgan fingerprint density at radius 3 is 2.72 bits per heavy atom. The third kappa shape index (κ3) is 2.97. The molecule has 1 heterocycles. The molecule has 0 aliphatic heterocycles. The summed E-state index contributed by atoms with van der Waals surface area (Å²) < 4.78 is 10.3. The van der Waals surface area contributed by atoms with Gasteiger partial charge in [-0.3, -0.25) is 0 Å². The largest absolute Gasteiger partial charge is 0.542 e. The van der Waals surface area contributed by atoms with Crippen LogP contribution in [0.2, 0.25) is 10.0 Å². The van der Waals surface area contributed by atoms with Crippen LogP contribution in [0, 0.1) is 0 Å². The van der Waals surface area contributed by atoms with Gasteiger partial charge in [-0.2, -0.15) is 0 Å². The maximum Gasteiger partial charge on any atom is 0.149 e. The van der Waals surface area contributed by atoms with Crippen molar-refractivity contribution in [3.63, 3.8) is 0 Å². The van der Waals surface area contributed by atoms with Crippen LogP contribution in [0.4, 0.5) is 0 Å². The van der Waals surface area contributed by atoms with Crippen molar-refractivity contribution in [1.82, 2.24) is 0 Å². The Kier molecular flexibility index (Phi) is 3.79. The molecule has 0 aliphatic rings. The number of carboxylic acids is 1. The van der Waals surface area contributed by atoms with E-state index in [1.54, 1.807) is 18.2 Å². The zero-order valence-electron chi connectivity index (χ0n) is 8.98. The standard InChI is InChI=1S/C12H8Cl2O4/c13-7-1-3-9(14)11(5-7)17-6-8-2-4-10(18-8)12(15)16/h1-5H,6H2,(H,15,16)/p-1. The van der Waals surface area contributed by atoms with Gasteiger partial charge in [-0.15, -0.1) is 0 Å². The highest BCUT2D eigenvalue weighted by Crippen LogP contribution is 2.28. The monoisotopic (exact) mass is 285 g/mol. The highest BCUT2D eigenvalue weighted by molar-refractivity contribution is 6.34. The van der Waals surface area contributed by atoms with Crippen LogP contribution in [0.5, 0.6) is 5.75 Å². The Morgan fingerprint density at radius 1 is 1.28 bits per heavy atom. The van der Waals surface area contributed by atoms with E-state index >= 15 is 0 Å². The van der Waals surface area contributed by atoms with E-state index in [2.05, 4.69) is 0 Å². The first-order chi connectivity index (χ1) is 8.56. The van der Waals surface area contributed by atoms with E-state index in [4.69, 9.17) is 32.4 Å². The number of furan rings is 1. The average molecular weight is 286 g/mol. The van der Waals surface area contributed by atoms with E-state index in [0.717, 1.165) is 0 Å². The lowest BCUT2D eigenvalue weighted by Crippen LogP contribution is -2.21. The van der Waals surface area contributed by atoms with Gasteiger partial charge in [0.1, 0.15) is 29.8 Å². The summed E-state index contributed by atoms with van der Waals surface area (Å²) in [4.78, 5) is 10.5. The molecular weight excluding hydrogens is 279 g/mol. The van der Waals surface area contributed by atoms with Crippen molar-refractivity contribution in [2.24, 2.45) is 0 Å². The number of carboxylic acid groups (broad SMARTS) is 1. The third-order valence-electron chi connectivity index (χ3n) is 2.13. The Labute approximate surface area is 113 Å². The summed E-state index contributed by atoms with van der Waals surface area (Å²) in [5, 5.41) is 11.4. The van der Waals surface area contributed by atoms with Gasteiger partial charge in [0.05, 0.1) is 5.02 Å². The summed E-state index contributed by atoms with van der Waals surface area (Å²) in [5.41, 5.74) is 0. The van der Waals surface area contributed by atoms with E-state index in [1.807, 2.05) is 0 Å². The van der Waals surface area contributed by atoms with Gasteiger partial charge in [0.2, 0.25) is 0 Å². The van der Waals surface area contributed by atoms with Crippen molar-refractivity contribution in [1.29, 1.82) is 0 Å². The fourth-order valence-corrected chi connectivity index (χ4v) is 1.64. The molecule has 0 N–H and O–H groups in total. The molecule has 6 heteroatoms. The lowest BCUT2D eigenvalue weighted by molar-refractivity contribution is -0.257. The maximum absolute atomic E-state index is 10.5. The number of carbonyl (C=O) groups is 1. The van der Waals surface area contributed by atoms with Gasteiger partial charge < -0.3 is 19.1 Å². The molecule has 2 aromatic rings. The first-order valence-electron chi connectivity index (χ1n) is 4.94. The number of hydrogen-bond acceptors (Lipinski definition) is 4. The minimum absolute atomic E-state index is 0.0490. The molecule has 0 spiro atoms. The lowest BCUT2D eigenvalue weighted by Gasteiger charge is -2.06. The second-order valence-corrected chi connectivity index (χ2v) is 4.26. The van der Waals surface area contributed by atoms with Crippen LogP contribution in [0.25, 0.3) is 0 Å². The second-order valence-electron chi connectivity index (χ2n) is 3.42. The minimum atomic E-state index is -1.37. The molecule has 94 valence electrons. The number of ether oxygens (including phenoxy) is 1. The highest BCUT2D eigenvalue weighted by atomic mass is 35.5. The van der Waals surface area contributed by atoms with E-state index < -0.39 is 5.97 Å². The van der Waals surface area contributed by atoms with Gasteiger partial charge in [-0.05, 0) is 24.3 Å². The van der Waals surface area contributed by atoms with Crippen LogP contribution in [-0.4, -0.2) is 5.97 Å². The predicted molar refractivity (Wildman–Crippen MR) is 63.8 cm³/mol.